The summed E-state index contributed by atoms with van der Waals surface area (Å²) in [4.78, 5) is 25.7. The largest absolute Gasteiger partial charge is 0.396 e. The minimum Gasteiger partial charge on any atom is -0.396 e. The number of carbonyl (C=O) groups excluding carboxylic acids is 1. The van der Waals surface area contributed by atoms with Gasteiger partial charge in [0.1, 0.15) is 0 Å². The Morgan fingerprint density at radius 2 is 2.05 bits per heavy atom. The Labute approximate surface area is 121 Å². The molecule has 1 amide bonds. The molecule has 0 saturated carbocycles. The Bertz CT molecular complexity index is 725. The molecule has 0 radical (unpaired) electrons. The zero-order valence-corrected chi connectivity index (χ0v) is 11.6. The molecule has 2 heterocycles. The molecule has 1 aromatic heterocycles. The second-order valence-corrected chi connectivity index (χ2v) is 5.35. The molecule has 1 saturated heterocycles. The molecule has 3 rings (SSSR count). The summed E-state index contributed by atoms with van der Waals surface area (Å²) >= 11 is 0. The normalized spacial score (nSPS) is 18.6. The predicted octanol–water partition coefficient (Wildman–Crippen LogP) is 0.237. The smallest absolute Gasteiger partial charge is 0.274 e. The van der Waals surface area contributed by atoms with E-state index in [4.69, 9.17) is 5.11 Å². The van der Waals surface area contributed by atoms with Gasteiger partial charge in [-0.15, -0.1) is 0 Å². The first-order valence-corrected chi connectivity index (χ1v) is 7.02. The summed E-state index contributed by atoms with van der Waals surface area (Å²) in [5.41, 5.74) is -0.140. The zero-order valence-electron chi connectivity index (χ0n) is 11.6. The second kappa shape index (κ2) is 5.65. The zero-order chi connectivity index (χ0) is 14.8. The molecule has 1 atom stereocenters. The van der Waals surface area contributed by atoms with Crippen LogP contribution in [0.1, 0.15) is 6.42 Å². The van der Waals surface area contributed by atoms with Crippen molar-refractivity contribution in [2.75, 3.05) is 19.7 Å². The number of hydrogen-bond donors (Lipinski definition) is 1. The van der Waals surface area contributed by atoms with Gasteiger partial charge in [-0.3, -0.25) is 9.59 Å². The molecule has 1 fully saturated rings. The number of likely N-dealkylation sites (tertiary alicyclic amines) is 1. The Kier molecular flexibility index (Phi) is 3.70. The van der Waals surface area contributed by atoms with Gasteiger partial charge in [0.15, 0.2) is 0 Å². The molecule has 1 aromatic carbocycles. The van der Waals surface area contributed by atoms with Crippen LogP contribution < -0.4 is 5.56 Å². The molecule has 6 heteroatoms. The summed E-state index contributed by atoms with van der Waals surface area (Å²) in [6.45, 7) is 1.39. The number of nitrogens with zero attached hydrogens (tertiary/aromatic N) is 3. The Balaban J connectivity index is 1.76. The van der Waals surface area contributed by atoms with Crippen LogP contribution in [-0.2, 0) is 11.3 Å². The van der Waals surface area contributed by atoms with E-state index in [2.05, 4.69) is 5.10 Å². The maximum Gasteiger partial charge on any atom is 0.274 e. The SMILES string of the molecule is O=C1CC(CO)CN1CCn1ncc2ccccc2c1=O. The first-order chi connectivity index (χ1) is 10.2. The van der Waals surface area contributed by atoms with Crippen LogP contribution in [0.25, 0.3) is 10.8 Å². The van der Waals surface area contributed by atoms with Gasteiger partial charge in [-0.25, -0.2) is 4.68 Å². The summed E-state index contributed by atoms with van der Waals surface area (Å²) in [6.07, 6.45) is 2.05. The fourth-order valence-electron chi connectivity index (χ4n) is 2.69. The first kappa shape index (κ1) is 13.8. The van der Waals surface area contributed by atoms with Crippen LogP contribution in [0.3, 0.4) is 0 Å². The summed E-state index contributed by atoms with van der Waals surface area (Å²) in [6, 6.07) is 7.32. The van der Waals surface area contributed by atoms with E-state index >= 15 is 0 Å². The Morgan fingerprint density at radius 1 is 1.24 bits per heavy atom. The number of amides is 1. The molecule has 2 aromatic rings. The number of fused-ring (bicyclic) bond motifs is 1. The fourth-order valence-corrected chi connectivity index (χ4v) is 2.69. The first-order valence-electron chi connectivity index (χ1n) is 7.02. The second-order valence-electron chi connectivity index (χ2n) is 5.35. The maximum absolute atomic E-state index is 12.3. The number of aliphatic hydroxyl groups is 1. The maximum atomic E-state index is 12.3. The highest BCUT2D eigenvalue weighted by molar-refractivity contribution is 5.80. The van der Waals surface area contributed by atoms with E-state index in [0.29, 0.717) is 31.4 Å². The van der Waals surface area contributed by atoms with Crippen LogP contribution in [0.4, 0.5) is 0 Å². The highest BCUT2D eigenvalue weighted by Crippen LogP contribution is 2.16. The van der Waals surface area contributed by atoms with Gasteiger partial charge < -0.3 is 10.0 Å². The van der Waals surface area contributed by atoms with Crippen molar-refractivity contribution in [3.8, 4) is 0 Å². The average Bonchev–Trinajstić information content (AvgIpc) is 2.87. The summed E-state index contributed by atoms with van der Waals surface area (Å²) in [5.74, 6) is 0.0432. The topological polar surface area (TPSA) is 75.4 Å². The highest BCUT2D eigenvalue weighted by atomic mass is 16.3. The summed E-state index contributed by atoms with van der Waals surface area (Å²) < 4.78 is 1.39. The molecule has 1 aliphatic heterocycles. The van der Waals surface area contributed by atoms with Gasteiger partial charge in [0.2, 0.25) is 5.91 Å². The van der Waals surface area contributed by atoms with Gasteiger partial charge in [-0.05, 0) is 6.07 Å². The average molecular weight is 287 g/mol. The molecule has 1 unspecified atom stereocenters. The minimum absolute atomic E-state index is 0.0128. The van der Waals surface area contributed by atoms with E-state index in [1.165, 1.54) is 4.68 Å². The molecule has 1 N–H and O–H groups in total. The lowest BCUT2D eigenvalue weighted by atomic mass is 10.1. The quantitative estimate of drug-likeness (QED) is 0.874. The lowest BCUT2D eigenvalue weighted by molar-refractivity contribution is -0.127. The van der Waals surface area contributed by atoms with Crippen molar-refractivity contribution in [3.05, 3.63) is 40.8 Å². The van der Waals surface area contributed by atoms with E-state index in [1.807, 2.05) is 18.2 Å². The fraction of sp³-hybridized carbons (Fsp3) is 0.400. The number of aromatic nitrogens is 2. The molecule has 21 heavy (non-hydrogen) atoms. The van der Waals surface area contributed by atoms with Crippen LogP contribution in [0, 0.1) is 5.92 Å². The van der Waals surface area contributed by atoms with Crippen LogP contribution in [-0.4, -0.2) is 45.4 Å². The van der Waals surface area contributed by atoms with E-state index in [0.717, 1.165) is 5.39 Å². The van der Waals surface area contributed by atoms with E-state index in [-0.39, 0.29) is 24.0 Å². The van der Waals surface area contributed by atoms with Gasteiger partial charge in [0.05, 0.1) is 18.1 Å². The van der Waals surface area contributed by atoms with Crippen molar-refractivity contribution in [1.29, 1.82) is 0 Å². The van der Waals surface area contributed by atoms with Crippen LogP contribution in [0.2, 0.25) is 0 Å². The van der Waals surface area contributed by atoms with Crippen molar-refractivity contribution >= 4 is 16.7 Å². The minimum atomic E-state index is -0.140. The number of aliphatic hydroxyl groups excluding tert-OH is 1. The number of hydrogen-bond acceptors (Lipinski definition) is 4. The van der Waals surface area contributed by atoms with E-state index in [1.54, 1.807) is 17.2 Å². The third kappa shape index (κ3) is 2.67. The van der Waals surface area contributed by atoms with E-state index in [9.17, 15) is 9.59 Å². The van der Waals surface area contributed by atoms with Crippen molar-refractivity contribution in [2.24, 2.45) is 5.92 Å². The van der Waals surface area contributed by atoms with Crippen molar-refractivity contribution in [1.82, 2.24) is 14.7 Å². The summed E-state index contributed by atoms with van der Waals surface area (Å²) in [5, 5.41) is 14.7. The van der Waals surface area contributed by atoms with Gasteiger partial charge in [-0.2, -0.15) is 5.10 Å². The molecule has 6 nitrogen and oxygen atoms in total. The molecule has 1 aliphatic rings. The molecule has 0 bridgehead atoms. The van der Waals surface area contributed by atoms with Crippen LogP contribution in [0.5, 0.6) is 0 Å². The van der Waals surface area contributed by atoms with Crippen molar-refractivity contribution < 1.29 is 9.90 Å². The van der Waals surface area contributed by atoms with Crippen LogP contribution >= 0.6 is 0 Å². The van der Waals surface area contributed by atoms with Gasteiger partial charge in [0, 0.05) is 37.4 Å². The Morgan fingerprint density at radius 3 is 2.81 bits per heavy atom. The molecule has 0 spiro atoms. The highest BCUT2D eigenvalue weighted by Gasteiger charge is 2.28. The van der Waals surface area contributed by atoms with Crippen molar-refractivity contribution in [3.63, 3.8) is 0 Å². The number of benzene rings is 1. The van der Waals surface area contributed by atoms with Gasteiger partial charge in [0.25, 0.3) is 5.56 Å². The lowest BCUT2D eigenvalue weighted by Crippen LogP contribution is -2.33. The Hall–Kier alpha value is -2.21. The van der Waals surface area contributed by atoms with Crippen molar-refractivity contribution in [2.45, 2.75) is 13.0 Å². The standard InChI is InChI=1S/C15H17N3O3/c19-10-11-7-14(20)17(9-11)5-6-18-15(21)13-4-2-1-3-12(13)8-16-18/h1-4,8,11,19H,5-7,9-10H2. The molecule has 0 aliphatic carbocycles. The van der Waals surface area contributed by atoms with Gasteiger partial charge >= 0.3 is 0 Å². The number of carbonyl (C=O) groups is 1. The molecule has 110 valence electrons. The molecular weight excluding hydrogens is 270 g/mol. The van der Waals surface area contributed by atoms with E-state index < -0.39 is 0 Å². The third-order valence-corrected chi connectivity index (χ3v) is 3.90. The molecular formula is C15H17N3O3. The monoisotopic (exact) mass is 287 g/mol. The summed E-state index contributed by atoms with van der Waals surface area (Å²) in [7, 11) is 0. The lowest BCUT2D eigenvalue weighted by Gasteiger charge is -2.16. The van der Waals surface area contributed by atoms with Crippen LogP contribution in [0.15, 0.2) is 35.3 Å². The predicted molar refractivity (Wildman–Crippen MR) is 77.8 cm³/mol. The number of rotatable bonds is 4. The third-order valence-electron chi connectivity index (χ3n) is 3.90. The van der Waals surface area contributed by atoms with Gasteiger partial charge in [-0.1, -0.05) is 18.2 Å².